The van der Waals surface area contributed by atoms with Gasteiger partial charge in [-0.25, -0.2) is 0 Å². The van der Waals surface area contributed by atoms with Crippen molar-refractivity contribution in [2.75, 3.05) is 5.75 Å². The summed E-state index contributed by atoms with van der Waals surface area (Å²) in [6.45, 7) is 9.29. The monoisotopic (exact) mass is 472 g/mol. The Morgan fingerprint density at radius 3 is 2.38 bits per heavy atom. The number of aryl methyl sites for hydroxylation is 3. The fourth-order valence-electron chi connectivity index (χ4n) is 4.34. The molecule has 0 aliphatic rings. The minimum Gasteiger partial charge on any atom is -0.355 e. The average molecular weight is 473 g/mol. The molecule has 1 N–H and O–H groups in total. The fourth-order valence-corrected chi connectivity index (χ4v) is 5.18. The number of hydrogen-bond acceptors (Lipinski definition) is 5. The number of carbonyl (C=O) groups is 2. The summed E-state index contributed by atoms with van der Waals surface area (Å²) in [5.41, 5.74) is 6.95. The van der Waals surface area contributed by atoms with E-state index in [9.17, 15) is 9.59 Å². The second-order valence-electron chi connectivity index (χ2n) is 8.58. The zero-order chi connectivity index (χ0) is 24.4. The van der Waals surface area contributed by atoms with E-state index in [0.29, 0.717) is 28.4 Å². The van der Waals surface area contributed by atoms with Gasteiger partial charge in [-0.3, -0.25) is 14.2 Å². The van der Waals surface area contributed by atoms with Crippen LogP contribution in [0.15, 0.2) is 53.7 Å². The Hall–Kier alpha value is -3.45. The highest BCUT2D eigenvalue weighted by molar-refractivity contribution is 7.99. The number of Topliss-reactive ketones (excluding diaryl/α,β-unsaturated/α-hetero) is 2. The Morgan fingerprint density at radius 1 is 1.00 bits per heavy atom. The molecular formula is C27H28N4O2S. The van der Waals surface area contributed by atoms with E-state index in [0.717, 1.165) is 28.3 Å². The number of hydrogen-bond donors (Lipinski definition) is 1. The molecule has 0 radical (unpaired) electrons. The molecule has 2 heterocycles. The van der Waals surface area contributed by atoms with Crippen molar-refractivity contribution in [1.29, 1.82) is 0 Å². The van der Waals surface area contributed by atoms with Crippen LogP contribution < -0.4 is 0 Å². The lowest BCUT2D eigenvalue weighted by Gasteiger charge is -2.13. The number of benzene rings is 2. The van der Waals surface area contributed by atoms with Gasteiger partial charge in [0.15, 0.2) is 16.7 Å². The van der Waals surface area contributed by atoms with E-state index < -0.39 is 0 Å². The van der Waals surface area contributed by atoms with Gasteiger partial charge in [0.25, 0.3) is 0 Å². The Balaban J connectivity index is 1.66. The molecule has 0 bridgehead atoms. The molecule has 0 saturated carbocycles. The predicted molar refractivity (Wildman–Crippen MR) is 135 cm³/mol. The molecule has 0 aliphatic carbocycles. The summed E-state index contributed by atoms with van der Waals surface area (Å²) in [6.07, 6.45) is 0.632. The normalized spacial score (nSPS) is 11.1. The van der Waals surface area contributed by atoms with Crippen molar-refractivity contribution < 1.29 is 9.59 Å². The minimum atomic E-state index is -0.0714. The molecule has 0 atom stereocenters. The largest absolute Gasteiger partial charge is 0.355 e. The van der Waals surface area contributed by atoms with Gasteiger partial charge in [-0.15, -0.1) is 10.2 Å². The van der Waals surface area contributed by atoms with Crippen molar-refractivity contribution in [1.82, 2.24) is 19.7 Å². The molecule has 4 rings (SSSR count). The molecule has 0 spiro atoms. The highest BCUT2D eigenvalue weighted by Gasteiger charge is 2.22. The number of carbonyl (C=O) groups excluding carboxylic acids is 2. The van der Waals surface area contributed by atoms with E-state index in [-0.39, 0.29) is 17.3 Å². The molecule has 0 fully saturated rings. The summed E-state index contributed by atoms with van der Waals surface area (Å²) in [4.78, 5) is 28.1. The molecule has 6 nitrogen and oxygen atoms in total. The van der Waals surface area contributed by atoms with Crippen LogP contribution in [0.25, 0.3) is 5.69 Å². The highest BCUT2D eigenvalue weighted by Crippen LogP contribution is 2.28. The van der Waals surface area contributed by atoms with Gasteiger partial charge in [0.2, 0.25) is 0 Å². The van der Waals surface area contributed by atoms with Gasteiger partial charge in [-0.2, -0.15) is 0 Å². The lowest BCUT2D eigenvalue weighted by atomic mass is 10.1. The van der Waals surface area contributed by atoms with E-state index in [2.05, 4.69) is 59.4 Å². The van der Waals surface area contributed by atoms with Gasteiger partial charge in [0, 0.05) is 17.7 Å². The first-order valence-corrected chi connectivity index (χ1v) is 12.2. The molecule has 0 saturated heterocycles. The Kier molecular flexibility index (Phi) is 6.84. The third-order valence-corrected chi connectivity index (χ3v) is 6.83. The van der Waals surface area contributed by atoms with Crippen LogP contribution in [0.1, 0.15) is 61.5 Å². The summed E-state index contributed by atoms with van der Waals surface area (Å²) in [7, 11) is 0. The second kappa shape index (κ2) is 9.81. The molecule has 0 unspecified atom stereocenters. The van der Waals surface area contributed by atoms with Crippen LogP contribution in [-0.4, -0.2) is 37.1 Å². The Bertz CT molecular complexity index is 1370. The smallest absolute Gasteiger partial charge is 0.196 e. The molecule has 34 heavy (non-hydrogen) atoms. The molecule has 2 aromatic heterocycles. The van der Waals surface area contributed by atoms with E-state index in [1.807, 2.05) is 36.6 Å². The van der Waals surface area contributed by atoms with Crippen LogP contribution in [0, 0.1) is 27.7 Å². The van der Waals surface area contributed by atoms with Gasteiger partial charge in [-0.05, 0) is 57.4 Å². The molecule has 174 valence electrons. The maximum atomic E-state index is 13.1. The van der Waals surface area contributed by atoms with Crippen LogP contribution in [0.4, 0.5) is 0 Å². The zero-order valence-electron chi connectivity index (χ0n) is 20.1. The Morgan fingerprint density at radius 2 is 1.74 bits per heavy atom. The fraction of sp³-hybridized carbons (Fsp3) is 0.259. The first-order valence-electron chi connectivity index (χ1n) is 11.2. The summed E-state index contributed by atoms with van der Waals surface area (Å²) in [6, 6.07) is 16.4. The average Bonchev–Trinajstić information content (AvgIpc) is 3.32. The van der Waals surface area contributed by atoms with Crippen LogP contribution in [0.2, 0.25) is 0 Å². The number of aromatic nitrogens is 4. The summed E-state index contributed by atoms with van der Waals surface area (Å²) < 4.78 is 2.05. The number of H-pyrrole nitrogens is 1. The maximum Gasteiger partial charge on any atom is 0.196 e. The van der Waals surface area contributed by atoms with E-state index >= 15 is 0 Å². The van der Waals surface area contributed by atoms with Crippen molar-refractivity contribution in [3.05, 3.63) is 93.6 Å². The van der Waals surface area contributed by atoms with Crippen molar-refractivity contribution in [3.8, 4) is 5.69 Å². The van der Waals surface area contributed by atoms with Gasteiger partial charge in [0.05, 0.1) is 17.1 Å². The van der Waals surface area contributed by atoms with Crippen molar-refractivity contribution >= 4 is 23.3 Å². The number of thioether (sulfide) groups is 1. The van der Waals surface area contributed by atoms with E-state index in [4.69, 9.17) is 0 Å². The highest BCUT2D eigenvalue weighted by atomic mass is 32.2. The first kappa shape index (κ1) is 23.7. The summed E-state index contributed by atoms with van der Waals surface area (Å²) in [5.74, 6) is 0.891. The van der Waals surface area contributed by atoms with Gasteiger partial charge in [-0.1, -0.05) is 59.8 Å². The maximum absolute atomic E-state index is 13.1. The number of rotatable bonds is 8. The lowest BCUT2D eigenvalue weighted by Crippen LogP contribution is -2.09. The second-order valence-corrected chi connectivity index (χ2v) is 9.52. The molecule has 7 heteroatoms. The molecule has 2 aromatic carbocycles. The number of nitrogens with one attached hydrogen (secondary N) is 1. The lowest BCUT2D eigenvalue weighted by molar-refractivity contribution is 0.101. The van der Waals surface area contributed by atoms with Crippen LogP contribution >= 0.6 is 11.8 Å². The van der Waals surface area contributed by atoms with E-state index in [1.165, 1.54) is 24.2 Å². The van der Waals surface area contributed by atoms with Crippen molar-refractivity contribution in [2.45, 2.75) is 46.2 Å². The number of ketones is 2. The third kappa shape index (κ3) is 4.75. The van der Waals surface area contributed by atoms with Gasteiger partial charge in [0.1, 0.15) is 5.82 Å². The topological polar surface area (TPSA) is 80.6 Å². The van der Waals surface area contributed by atoms with Crippen molar-refractivity contribution in [3.63, 3.8) is 0 Å². The standard InChI is InChI=1S/C27H28N4O2S/c1-16-11-12-22(17(2)13-16)31-24(14-21-9-7-6-8-10-21)29-30-27(31)34-15-23(33)26-18(3)25(20(5)32)19(4)28-26/h6-13,28H,14-15H2,1-5H3. The SMILES string of the molecule is CC(=O)c1c(C)[nH]c(C(=O)CSc2nnc(Cc3ccccc3)n2-c2ccc(C)cc2C)c1C. The number of nitrogens with zero attached hydrogens (tertiary/aromatic N) is 3. The predicted octanol–water partition coefficient (Wildman–Crippen LogP) is 5.60. The van der Waals surface area contributed by atoms with E-state index in [1.54, 1.807) is 0 Å². The third-order valence-electron chi connectivity index (χ3n) is 5.90. The van der Waals surface area contributed by atoms with Gasteiger partial charge >= 0.3 is 0 Å². The molecular weight excluding hydrogens is 444 g/mol. The quantitative estimate of drug-likeness (QED) is 0.267. The minimum absolute atomic E-state index is 0.0434. The van der Waals surface area contributed by atoms with Gasteiger partial charge < -0.3 is 4.98 Å². The first-order chi connectivity index (χ1) is 16.3. The van der Waals surface area contributed by atoms with Crippen LogP contribution in [0.5, 0.6) is 0 Å². The summed E-state index contributed by atoms with van der Waals surface area (Å²) >= 11 is 1.36. The zero-order valence-corrected chi connectivity index (χ0v) is 20.9. The molecule has 0 amide bonds. The molecule has 0 aliphatic heterocycles. The summed E-state index contributed by atoms with van der Waals surface area (Å²) in [5, 5.41) is 9.61. The van der Waals surface area contributed by atoms with Crippen LogP contribution in [-0.2, 0) is 6.42 Å². The number of aromatic amines is 1. The Labute approximate surface area is 203 Å². The van der Waals surface area contributed by atoms with Crippen molar-refractivity contribution in [2.24, 2.45) is 0 Å². The van der Waals surface area contributed by atoms with Crippen LogP contribution in [0.3, 0.4) is 0 Å². The molecule has 4 aromatic rings.